The molecule has 0 saturated carbocycles. The van der Waals surface area contributed by atoms with Gasteiger partial charge in [-0.1, -0.05) is 60.7 Å². The number of aliphatic hydroxyl groups is 1. The third-order valence-corrected chi connectivity index (χ3v) is 5.68. The third kappa shape index (κ3) is 6.11. The largest absolute Gasteiger partial charge is 0.450 e. The Morgan fingerprint density at radius 1 is 0.872 bits per heavy atom. The number of nitrogens with zero attached hydrogens (tertiary/aromatic N) is 2. The molecule has 4 rings (SSSR count). The Kier molecular flexibility index (Phi) is 7.73. The number of rotatable bonds is 8. The standard InChI is InChI=1S/C28H20F3N3O5/c29-28(30,31)22-13-16-25(24(17-22)34(37)38)39-23-14-11-19(12-15-23)18-32-33-26(35)27(36,20-7-3-1-4-8-20)21-9-5-2-6-10-21/h1-18,36H,(H,33,35). The molecule has 1 amide bonds. The van der Waals surface area contributed by atoms with E-state index in [0.717, 1.165) is 6.07 Å². The molecule has 4 aromatic rings. The quantitative estimate of drug-likeness (QED) is 0.168. The maximum Gasteiger partial charge on any atom is 0.416 e. The first-order chi connectivity index (χ1) is 18.6. The highest BCUT2D eigenvalue weighted by atomic mass is 19.4. The highest BCUT2D eigenvalue weighted by molar-refractivity contribution is 5.91. The molecule has 0 bridgehead atoms. The molecule has 0 aliphatic heterocycles. The molecule has 0 aliphatic carbocycles. The van der Waals surface area contributed by atoms with Crippen molar-refractivity contribution in [2.75, 3.05) is 0 Å². The zero-order valence-corrected chi connectivity index (χ0v) is 20.0. The van der Waals surface area contributed by atoms with Crippen LogP contribution in [0.1, 0.15) is 22.3 Å². The van der Waals surface area contributed by atoms with Gasteiger partial charge >= 0.3 is 11.9 Å². The van der Waals surface area contributed by atoms with Crippen molar-refractivity contribution >= 4 is 17.8 Å². The van der Waals surface area contributed by atoms with Gasteiger partial charge < -0.3 is 9.84 Å². The second-order valence-corrected chi connectivity index (χ2v) is 8.25. The fraction of sp³-hybridized carbons (Fsp3) is 0.0714. The van der Waals surface area contributed by atoms with Crippen LogP contribution in [0.3, 0.4) is 0 Å². The van der Waals surface area contributed by atoms with Crippen LogP contribution < -0.4 is 10.2 Å². The Morgan fingerprint density at radius 2 is 1.44 bits per heavy atom. The number of halogens is 3. The van der Waals surface area contributed by atoms with Crippen LogP contribution in [0.15, 0.2) is 108 Å². The first-order valence-corrected chi connectivity index (χ1v) is 11.4. The van der Waals surface area contributed by atoms with E-state index in [0.29, 0.717) is 28.8 Å². The smallest absolute Gasteiger partial charge is 0.416 e. The maximum atomic E-state index is 13.1. The Labute approximate surface area is 220 Å². The molecule has 0 radical (unpaired) electrons. The predicted octanol–water partition coefficient (Wildman–Crippen LogP) is 5.79. The van der Waals surface area contributed by atoms with E-state index < -0.39 is 33.9 Å². The number of hydrazone groups is 1. The van der Waals surface area contributed by atoms with Gasteiger partial charge in [0.2, 0.25) is 5.75 Å². The highest BCUT2D eigenvalue weighted by Gasteiger charge is 2.40. The van der Waals surface area contributed by atoms with Crippen molar-refractivity contribution in [2.45, 2.75) is 11.8 Å². The lowest BCUT2D eigenvalue weighted by atomic mass is 9.85. The highest BCUT2D eigenvalue weighted by Crippen LogP contribution is 2.38. The van der Waals surface area contributed by atoms with E-state index in [-0.39, 0.29) is 11.5 Å². The second kappa shape index (κ2) is 11.2. The Hall–Kier alpha value is -5.03. The van der Waals surface area contributed by atoms with Crippen LogP contribution in [0.4, 0.5) is 18.9 Å². The zero-order valence-electron chi connectivity index (χ0n) is 20.0. The van der Waals surface area contributed by atoms with Crippen molar-refractivity contribution in [1.82, 2.24) is 5.43 Å². The summed E-state index contributed by atoms with van der Waals surface area (Å²) in [6.45, 7) is 0. The topological polar surface area (TPSA) is 114 Å². The second-order valence-electron chi connectivity index (χ2n) is 8.25. The molecule has 8 nitrogen and oxygen atoms in total. The molecule has 39 heavy (non-hydrogen) atoms. The van der Waals surface area contributed by atoms with Crippen molar-refractivity contribution in [2.24, 2.45) is 5.10 Å². The van der Waals surface area contributed by atoms with Gasteiger partial charge in [0.05, 0.1) is 16.7 Å². The monoisotopic (exact) mass is 535 g/mol. The maximum absolute atomic E-state index is 13.1. The number of hydrogen-bond acceptors (Lipinski definition) is 6. The van der Waals surface area contributed by atoms with Crippen LogP contribution in [-0.2, 0) is 16.6 Å². The van der Waals surface area contributed by atoms with Crippen molar-refractivity contribution in [1.29, 1.82) is 0 Å². The zero-order chi connectivity index (χ0) is 28.0. The molecule has 0 heterocycles. The lowest BCUT2D eigenvalue weighted by Crippen LogP contribution is -2.43. The molecule has 2 N–H and O–H groups in total. The van der Waals surface area contributed by atoms with E-state index in [2.05, 4.69) is 10.5 Å². The summed E-state index contributed by atoms with van der Waals surface area (Å²) in [5, 5.41) is 26.6. The molecule has 11 heteroatoms. The lowest BCUT2D eigenvalue weighted by molar-refractivity contribution is -0.385. The van der Waals surface area contributed by atoms with Gasteiger partial charge in [-0.05, 0) is 53.1 Å². The minimum absolute atomic E-state index is 0.126. The van der Waals surface area contributed by atoms with E-state index in [9.17, 15) is 33.2 Å². The van der Waals surface area contributed by atoms with Gasteiger partial charge in [0.15, 0.2) is 5.60 Å². The molecule has 0 spiro atoms. The molecule has 0 atom stereocenters. The van der Waals surface area contributed by atoms with Crippen molar-refractivity contribution in [3.8, 4) is 11.5 Å². The minimum atomic E-state index is -4.74. The normalized spacial score (nSPS) is 11.8. The van der Waals surface area contributed by atoms with Gasteiger partial charge in [-0.3, -0.25) is 14.9 Å². The van der Waals surface area contributed by atoms with Gasteiger partial charge in [0.1, 0.15) is 5.75 Å². The fourth-order valence-electron chi connectivity index (χ4n) is 3.71. The summed E-state index contributed by atoms with van der Waals surface area (Å²) in [4.78, 5) is 23.4. The molecular formula is C28H20F3N3O5. The number of nitrogens with one attached hydrogen (secondary N) is 1. The van der Waals surface area contributed by atoms with Crippen molar-refractivity contribution < 1.29 is 32.7 Å². The summed E-state index contributed by atoms with van der Waals surface area (Å²) in [5.41, 5.74) is -0.467. The molecule has 4 aromatic carbocycles. The van der Waals surface area contributed by atoms with Gasteiger partial charge in [-0.15, -0.1) is 0 Å². The molecule has 0 fully saturated rings. The van der Waals surface area contributed by atoms with Crippen molar-refractivity contribution in [3.05, 3.63) is 135 Å². The number of carbonyl (C=O) groups excluding carboxylic acids is 1. The fourth-order valence-corrected chi connectivity index (χ4v) is 3.71. The average Bonchev–Trinajstić information content (AvgIpc) is 2.94. The average molecular weight is 535 g/mol. The van der Waals surface area contributed by atoms with Crippen LogP contribution in [0, 0.1) is 10.1 Å². The van der Waals surface area contributed by atoms with Crippen LogP contribution >= 0.6 is 0 Å². The number of hydrogen-bond donors (Lipinski definition) is 2. The Morgan fingerprint density at radius 3 is 1.95 bits per heavy atom. The molecule has 0 saturated heterocycles. The predicted molar refractivity (Wildman–Crippen MR) is 136 cm³/mol. The number of nitro groups is 1. The summed E-state index contributed by atoms with van der Waals surface area (Å²) in [6.07, 6.45) is -3.43. The van der Waals surface area contributed by atoms with E-state index in [1.165, 1.54) is 30.5 Å². The van der Waals surface area contributed by atoms with Gasteiger partial charge in [-0.25, -0.2) is 5.43 Å². The molecule has 0 unspecified atom stereocenters. The minimum Gasteiger partial charge on any atom is -0.450 e. The summed E-state index contributed by atoms with van der Waals surface area (Å²) in [6, 6.07) is 24.7. The number of nitro benzene ring substituents is 1. The van der Waals surface area contributed by atoms with E-state index >= 15 is 0 Å². The summed E-state index contributed by atoms with van der Waals surface area (Å²) in [5.74, 6) is -1.02. The molecule has 0 aliphatic rings. The van der Waals surface area contributed by atoms with Crippen molar-refractivity contribution in [3.63, 3.8) is 0 Å². The molecule has 0 aromatic heterocycles. The van der Waals surface area contributed by atoms with E-state index in [1.54, 1.807) is 60.7 Å². The van der Waals surface area contributed by atoms with Gasteiger partial charge in [0.25, 0.3) is 5.91 Å². The summed E-state index contributed by atoms with van der Waals surface area (Å²) in [7, 11) is 0. The van der Waals surface area contributed by atoms with Gasteiger partial charge in [0, 0.05) is 6.07 Å². The third-order valence-electron chi connectivity index (χ3n) is 5.68. The first kappa shape index (κ1) is 27.0. The van der Waals surface area contributed by atoms with E-state index in [1.807, 2.05) is 0 Å². The van der Waals surface area contributed by atoms with Gasteiger partial charge in [-0.2, -0.15) is 18.3 Å². The Bertz CT molecular complexity index is 1450. The number of alkyl halides is 3. The Balaban J connectivity index is 1.48. The number of ether oxygens (including phenoxy) is 1. The van der Waals surface area contributed by atoms with E-state index in [4.69, 9.17) is 4.74 Å². The number of benzene rings is 4. The number of amides is 1. The van der Waals surface area contributed by atoms with Crippen LogP contribution in [0.25, 0.3) is 0 Å². The summed E-state index contributed by atoms with van der Waals surface area (Å²) < 4.78 is 44.1. The first-order valence-electron chi connectivity index (χ1n) is 11.4. The number of carbonyl (C=O) groups is 1. The molecule has 198 valence electrons. The summed E-state index contributed by atoms with van der Waals surface area (Å²) >= 11 is 0. The van der Waals surface area contributed by atoms with Crippen LogP contribution in [0.2, 0.25) is 0 Å². The SMILES string of the molecule is O=C(NN=Cc1ccc(Oc2ccc(C(F)(F)F)cc2[N+](=O)[O-])cc1)C(O)(c1ccccc1)c1ccccc1. The molecular weight excluding hydrogens is 515 g/mol. The van der Waals surface area contributed by atoms with Crippen LogP contribution in [-0.4, -0.2) is 22.2 Å². The lowest BCUT2D eigenvalue weighted by Gasteiger charge is -2.27. The van der Waals surface area contributed by atoms with Crippen LogP contribution in [0.5, 0.6) is 11.5 Å².